The van der Waals surface area contributed by atoms with E-state index in [1.807, 2.05) is 13.0 Å². The summed E-state index contributed by atoms with van der Waals surface area (Å²) >= 11 is 0. The van der Waals surface area contributed by atoms with Gasteiger partial charge in [0.15, 0.2) is 5.75 Å². The molecule has 6 heteroatoms. The van der Waals surface area contributed by atoms with Crippen molar-refractivity contribution in [2.24, 2.45) is 0 Å². The zero-order valence-corrected chi connectivity index (χ0v) is 12.2. The maximum absolute atomic E-state index is 11.1. The lowest BCUT2D eigenvalue weighted by atomic mass is 10.2. The van der Waals surface area contributed by atoms with Crippen molar-refractivity contribution in [3.63, 3.8) is 0 Å². The standard InChI is InChI=1S/C14H22N2O4/c1-4-7-15-9-12-5-6-14(13(8-12)16(17)18)20-10-11(2)19-3/h5-6,8,11,15H,4,7,9-10H2,1-3H3. The number of methoxy groups -OCH3 is 1. The molecule has 0 aliphatic carbocycles. The molecule has 0 bridgehead atoms. The van der Waals surface area contributed by atoms with Crippen molar-refractivity contribution in [2.45, 2.75) is 32.9 Å². The lowest BCUT2D eigenvalue weighted by molar-refractivity contribution is -0.386. The predicted octanol–water partition coefficient (Wildman–Crippen LogP) is 2.51. The number of benzene rings is 1. The smallest absolute Gasteiger partial charge is 0.311 e. The van der Waals surface area contributed by atoms with Crippen molar-refractivity contribution < 1.29 is 14.4 Å². The maximum Gasteiger partial charge on any atom is 0.311 e. The van der Waals surface area contributed by atoms with E-state index in [0.29, 0.717) is 6.54 Å². The first-order valence-electron chi connectivity index (χ1n) is 6.72. The molecule has 6 nitrogen and oxygen atoms in total. The van der Waals surface area contributed by atoms with E-state index in [1.165, 1.54) is 0 Å². The highest BCUT2D eigenvalue weighted by molar-refractivity contribution is 5.48. The van der Waals surface area contributed by atoms with Gasteiger partial charge in [0.05, 0.1) is 11.0 Å². The van der Waals surface area contributed by atoms with E-state index in [2.05, 4.69) is 12.2 Å². The van der Waals surface area contributed by atoms with Crippen molar-refractivity contribution >= 4 is 5.69 Å². The summed E-state index contributed by atoms with van der Waals surface area (Å²) in [6.07, 6.45) is 0.915. The molecule has 0 aliphatic rings. The van der Waals surface area contributed by atoms with Crippen LogP contribution in [-0.2, 0) is 11.3 Å². The number of rotatable bonds is 9. The largest absolute Gasteiger partial charge is 0.484 e. The Balaban J connectivity index is 2.76. The third-order valence-electron chi connectivity index (χ3n) is 2.85. The average molecular weight is 282 g/mol. The van der Waals surface area contributed by atoms with Crippen LogP contribution in [0.4, 0.5) is 5.69 Å². The normalized spacial score (nSPS) is 12.2. The summed E-state index contributed by atoms with van der Waals surface area (Å²) in [6.45, 7) is 5.70. The van der Waals surface area contributed by atoms with Gasteiger partial charge in [-0.1, -0.05) is 13.0 Å². The molecule has 1 unspecified atom stereocenters. The summed E-state index contributed by atoms with van der Waals surface area (Å²) in [6, 6.07) is 5.03. The molecule has 0 fully saturated rings. The number of hydrogen-bond acceptors (Lipinski definition) is 5. The minimum atomic E-state index is -0.421. The second kappa shape index (κ2) is 8.50. The van der Waals surface area contributed by atoms with E-state index in [1.54, 1.807) is 19.2 Å². The summed E-state index contributed by atoms with van der Waals surface area (Å²) in [5, 5.41) is 14.3. The van der Waals surface area contributed by atoms with E-state index in [-0.39, 0.29) is 24.1 Å². The highest BCUT2D eigenvalue weighted by atomic mass is 16.6. The quantitative estimate of drug-likeness (QED) is 0.428. The van der Waals surface area contributed by atoms with Crippen LogP contribution in [-0.4, -0.2) is 31.3 Å². The Morgan fingerprint density at radius 3 is 2.80 bits per heavy atom. The Labute approximate surface area is 119 Å². The first kappa shape index (κ1) is 16.4. The molecule has 1 rings (SSSR count). The first-order valence-corrected chi connectivity index (χ1v) is 6.72. The van der Waals surface area contributed by atoms with Crippen LogP contribution in [0.5, 0.6) is 5.75 Å². The van der Waals surface area contributed by atoms with Crippen molar-refractivity contribution in [3.8, 4) is 5.75 Å². The summed E-state index contributed by atoms with van der Waals surface area (Å²) in [5.41, 5.74) is 0.862. The monoisotopic (exact) mass is 282 g/mol. The van der Waals surface area contributed by atoms with Gasteiger partial charge in [0, 0.05) is 19.7 Å². The number of ether oxygens (including phenoxy) is 2. The maximum atomic E-state index is 11.1. The number of nitrogens with one attached hydrogen (secondary N) is 1. The molecule has 0 aromatic heterocycles. The SMILES string of the molecule is CCCNCc1ccc(OCC(C)OC)c([N+](=O)[O-])c1. The Bertz CT molecular complexity index is 437. The van der Waals surface area contributed by atoms with Crippen molar-refractivity contribution in [1.82, 2.24) is 5.32 Å². The van der Waals surface area contributed by atoms with E-state index in [4.69, 9.17) is 9.47 Å². The van der Waals surface area contributed by atoms with Gasteiger partial charge in [0.25, 0.3) is 0 Å². The van der Waals surface area contributed by atoms with Gasteiger partial charge in [-0.25, -0.2) is 0 Å². The van der Waals surface area contributed by atoms with Crippen LogP contribution < -0.4 is 10.1 Å². The second-order valence-electron chi connectivity index (χ2n) is 4.59. The van der Waals surface area contributed by atoms with Gasteiger partial charge in [-0.3, -0.25) is 10.1 Å². The van der Waals surface area contributed by atoms with E-state index in [0.717, 1.165) is 18.5 Å². The molecule has 1 aromatic rings. The van der Waals surface area contributed by atoms with Crippen LogP contribution >= 0.6 is 0 Å². The summed E-state index contributed by atoms with van der Waals surface area (Å²) in [5.74, 6) is 0.276. The predicted molar refractivity (Wildman–Crippen MR) is 77.1 cm³/mol. The van der Waals surface area contributed by atoms with Gasteiger partial charge in [-0.2, -0.15) is 0 Å². The van der Waals surface area contributed by atoms with Crippen LogP contribution in [0.1, 0.15) is 25.8 Å². The summed E-state index contributed by atoms with van der Waals surface area (Å²) in [7, 11) is 1.57. The lowest BCUT2D eigenvalue weighted by Gasteiger charge is -2.12. The molecular formula is C14H22N2O4. The Hall–Kier alpha value is -1.66. The fourth-order valence-electron chi connectivity index (χ4n) is 1.62. The van der Waals surface area contributed by atoms with Gasteiger partial charge >= 0.3 is 5.69 Å². The van der Waals surface area contributed by atoms with Gasteiger partial charge in [0.2, 0.25) is 0 Å². The van der Waals surface area contributed by atoms with Crippen LogP contribution in [0.25, 0.3) is 0 Å². The van der Waals surface area contributed by atoms with Crippen LogP contribution in [0.2, 0.25) is 0 Å². The van der Waals surface area contributed by atoms with E-state index >= 15 is 0 Å². The Kier molecular flexibility index (Phi) is 6.97. The minimum Gasteiger partial charge on any atom is -0.484 e. The molecule has 0 amide bonds. The van der Waals surface area contributed by atoms with Gasteiger partial charge in [-0.05, 0) is 31.5 Å². The van der Waals surface area contributed by atoms with Crippen LogP contribution in [0.3, 0.4) is 0 Å². The van der Waals surface area contributed by atoms with Gasteiger partial charge in [0.1, 0.15) is 6.61 Å². The topological polar surface area (TPSA) is 73.6 Å². The molecule has 0 saturated carbocycles. The van der Waals surface area contributed by atoms with E-state index < -0.39 is 4.92 Å². The van der Waals surface area contributed by atoms with Crippen molar-refractivity contribution in [2.75, 3.05) is 20.3 Å². The molecule has 0 heterocycles. The zero-order chi connectivity index (χ0) is 15.0. The molecule has 0 saturated heterocycles. The number of nitro groups is 1. The molecule has 0 radical (unpaired) electrons. The lowest BCUT2D eigenvalue weighted by Crippen LogP contribution is -2.17. The van der Waals surface area contributed by atoms with Gasteiger partial charge in [-0.15, -0.1) is 0 Å². The fourth-order valence-corrected chi connectivity index (χ4v) is 1.62. The third kappa shape index (κ3) is 5.14. The first-order chi connectivity index (χ1) is 9.58. The van der Waals surface area contributed by atoms with E-state index in [9.17, 15) is 10.1 Å². The van der Waals surface area contributed by atoms with Crippen LogP contribution in [0.15, 0.2) is 18.2 Å². The number of nitrogens with zero attached hydrogens (tertiary/aromatic N) is 1. The average Bonchev–Trinajstić information content (AvgIpc) is 2.45. The molecule has 20 heavy (non-hydrogen) atoms. The highest BCUT2D eigenvalue weighted by Crippen LogP contribution is 2.28. The third-order valence-corrected chi connectivity index (χ3v) is 2.85. The van der Waals surface area contributed by atoms with Crippen molar-refractivity contribution in [1.29, 1.82) is 0 Å². The van der Waals surface area contributed by atoms with Crippen LogP contribution in [0, 0.1) is 10.1 Å². The Morgan fingerprint density at radius 2 is 2.20 bits per heavy atom. The van der Waals surface area contributed by atoms with Crippen molar-refractivity contribution in [3.05, 3.63) is 33.9 Å². The molecule has 0 aliphatic heterocycles. The molecule has 1 atom stereocenters. The summed E-state index contributed by atoms with van der Waals surface area (Å²) in [4.78, 5) is 10.7. The second-order valence-corrected chi connectivity index (χ2v) is 4.59. The fraction of sp³-hybridized carbons (Fsp3) is 0.571. The molecule has 112 valence electrons. The van der Waals surface area contributed by atoms with Gasteiger partial charge < -0.3 is 14.8 Å². The number of hydrogen-bond donors (Lipinski definition) is 1. The summed E-state index contributed by atoms with van der Waals surface area (Å²) < 4.78 is 10.5. The zero-order valence-electron chi connectivity index (χ0n) is 12.2. The molecular weight excluding hydrogens is 260 g/mol. The highest BCUT2D eigenvalue weighted by Gasteiger charge is 2.16. The molecule has 1 N–H and O–H groups in total. The molecule has 0 spiro atoms. The molecule has 1 aromatic carbocycles. The number of nitro benzene ring substituents is 1. The minimum absolute atomic E-state index is 0.0101. The Morgan fingerprint density at radius 1 is 1.45 bits per heavy atom.